The molecule has 23 heavy (non-hydrogen) atoms. The van der Waals surface area contributed by atoms with Crippen molar-refractivity contribution in [3.8, 4) is 0 Å². The topological polar surface area (TPSA) is 43.1 Å². The summed E-state index contributed by atoms with van der Waals surface area (Å²) in [5, 5.41) is 0. The summed E-state index contributed by atoms with van der Waals surface area (Å²) in [5.74, 6) is 0. The minimum atomic E-state index is 0.250. The average molecular weight is 309 g/mol. The highest BCUT2D eigenvalue weighted by Crippen LogP contribution is 2.42. The zero-order valence-corrected chi connectivity index (χ0v) is 13.8. The SMILES string of the molecule is NC=O.c1ccc(CC2(Cc3ccccc3)CCCCC2)cc1. The predicted molar refractivity (Wildman–Crippen MR) is 96.1 cm³/mol. The molecule has 0 aliphatic heterocycles. The van der Waals surface area contributed by atoms with Crippen LogP contribution in [-0.2, 0) is 17.6 Å². The summed E-state index contributed by atoms with van der Waals surface area (Å²) in [6.07, 6.45) is 9.73. The molecule has 2 heteroatoms. The number of amides is 1. The highest BCUT2D eigenvalue weighted by Gasteiger charge is 2.32. The van der Waals surface area contributed by atoms with E-state index in [1.807, 2.05) is 0 Å². The van der Waals surface area contributed by atoms with Gasteiger partial charge in [0.25, 0.3) is 0 Å². The number of benzene rings is 2. The molecule has 2 aromatic rings. The van der Waals surface area contributed by atoms with Crippen LogP contribution in [0.4, 0.5) is 0 Å². The smallest absolute Gasteiger partial charge is 0.204 e. The van der Waals surface area contributed by atoms with Gasteiger partial charge in [-0.1, -0.05) is 79.9 Å². The second-order valence-corrected chi connectivity index (χ2v) is 6.52. The molecule has 0 aromatic heterocycles. The fourth-order valence-electron chi connectivity index (χ4n) is 3.78. The fraction of sp³-hybridized carbons (Fsp3) is 0.381. The molecule has 2 nitrogen and oxygen atoms in total. The number of hydrogen-bond donors (Lipinski definition) is 1. The summed E-state index contributed by atoms with van der Waals surface area (Å²) < 4.78 is 0. The molecule has 1 aliphatic carbocycles. The summed E-state index contributed by atoms with van der Waals surface area (Å²) in [4.78, 5) is 8.58. The Balaban J connectivity index is 0.000000595. The van der Waals surface area contributed by atoms with Crippen molar-refractivity contribution in [1.82, 2.24) is 0 Å². The molecule has 0 heterocycles. The molecule has 122 valence electrons. The lowest BCUT2D eigenvalue weighted by Gasteiger charge is -2.38. The lowest BCUT2D eigenvalue weighted by molar-refractivity contribution is -0.106. The van der Waals surface area contributed by atoms with Crippen LogP contribution in [0.15, 0.2) is 60.7 Å². The van der Waals surface area contributed by atoms with E-state index in [0.717, 1.165) is 0 Å². The lowest BCUT2D eigenvalue weighted by Crippen LogP contribution is -2.29. The van der Waals surface area contributed by atoms with Crippen molar-refractivity contribution < 1.29 is 4.79 Å². The van der Waals surface area contributed by atoms with Crippen LogP contribution in [0.1, 0.15) is 43.2 Å². The molecule has 0 bridgehead atoms. The average Bonchev–Trinajstić information content (AvgIpc) is 2.58. The molecule has 0 spiro atoms. The van der Waals surface area contributed by atoms with E-state index in [9.17, 15) is 0 Å². The highest BCUT2D eigenvalue weighted by molar-refractivity contribution is 5.42. The van der Waals surface area contributed by atoms with E-state index in [4.69, 9.17) is 4.79 Å². The van der Waals surface area contributed by atoms with E-state index >= 15 is 0 Å². The van der Waals surface area contributed by atoms with Gasteiger partial charge in [0.1, 0.15) is 0 Å². The zero-order chi connectivity index (χ0) is 16.4. The zero-order valence-electron chi connectivity index (χ0n) is 13.8. The van der Waals surface area contributed by atoms with Crippen molar-refractivity contribution >= 4 is 6.41 Å². The lowest BCUT2D eigenvalue weighted by atomic mass is 9.67. The van der Waals surface area contributed by atoms with Crippen LogP contribution in [0.2, 0.25) is 0 Å². The van der Waals surface area contributed by atoms with Gasteiger partial charge in [-0.3, -0.25) is 4.79 Å². The number of rotatable bonds is 4. The third kappa shape index (κ3) is 5.55. The van der Waals surface area contributed by atoms with Gasteiger partial charge in [0.05, 0.1) is 0 Å². The van der Waals surface area contributed by atoms with Gasteiger partial charge >= 0.3 is 0 Å². The van der Waals surface area contributed by atoms with Gasteiger partial charge in [-0.15, -0.1) is 0 Å². The Morgan fingerprint density at radius 1 is 0.783 bits per heavy atom. The minimum absolute atomic E-state index is 0.250. The summed E-state index contributed by atoms with van der Waals surface area (Å²) in [6, 6.07) is 22.1. The molecule has 1 amide bonds. The second kappa shape index (κ2) is 9.14. The van der Waals surface area contributed by atoms with Crippen LogP contribution >= 0.6 is 0 Å². The van der Waals surface area contributed by atoms with Gasteiger partial charge in [0, 0.05) is 0 Å². The van der Waals surface area contributed by atoms with E-state index < -0.39 is 0 Å². The van der Waals surface area contributed by atoms with Crippen molar-refractivity contribution in [3.05, 3.63) is 71.8 Å². The monoisotopic (exact) mass is 309 g/mol. The Morgan fingerprint density at radius 3 is 1.57 bits per heavy atom. The first kappa shape index (κ1) is 17.3. The Labute approximate surface area is 139 Å². The summed E-state index contributed by atoms with van der Waals surface area (Å²) in [7, 11) is 0. The van der Waals surface area contributed by atoms with Gasteiger partial charge in [-0.2, -0.15) is 0 Å². The molecule has 0 radical (unpaired) electrons. The maximum atomic E-state index is 8.58. The van der Waals surface area contributed by atoms with Crippen molar-refractivity contribution in [2.45, 2.75) is 44.9 Å². The molecule has 0 unspecified atom stereocenters. The molecule has 1 fully saturated rings. The molecule has 0 atom stereocenters. The number of nitrogens with two attached hydrogens (primary N) is 1. The van der Waals surface area contributed by atoms with Crippen LogP contribution < -0.4 is 5.73 Å². The normalized spacial score (nSPS) is 16.0. The van der Waals surface area contributed by atoms with Crippen LogP contribution in [0.5, 0.6) is 0 Å². The summed E-state index contributed by atoms with van der Waals surface area (Å²) >= 11 is 0. The van der Waals surface area contributed by atoms with Crippen molar-refractivity contribution in [2.24, 2.45) is 11.1 Å². The van der Waals surface area contributed by atoms with Crippen molar-refractivity contribution in [3.63, 3.8) is 0 Å². The molecule has 2 N–H and O–H groups in total. The van der Waals surface area contributed by atoms with Gasteiger partial charge in [-0.05, 0) is 42.2 Å². The molecule has 3 rings (SSSR count). The van der Waals surface area contributed by atoms with Crippen molar-refractivity contribution in [1.29, 1.82) is 0 Å². The van der Waals surface area contributed by atoms with Crippen LogP contribution in [0, 0.1) is 5.41 Å². The van der Waals surface area contributed by atoms with E-state index in [1.54, 1.807) is 0 Å². The number of primary amides is 1. The van der Waals surface area contributed by atoms with Gasteiger partial charge in [-0.25, -0.2) is 0 Å². The number of carbonyl (C=O) groups is 1. The predicted octanol–water partition coefficient (Wildman–Crippen LogP) is 4.52. The first-order valence-electron chi connectivity index (χ1n) is 8.51. The highest BCUT2D eigenvalue weighted by atomic mass is 16.1. The summed E-state index contributed by atoms with van der Waals surface area (Å²) in [5.41, 5.74) is 7.66. The van der Waals surface area contributed by atoms with Gasteiger partial charge < -0.3 is 5.73 Å². The Kier molecular flexibility index (Phi) is 6.86. The Hall–Kier alpha value is -2.09. The van der Waals surface area contributed by atoms with Crippen LogP contribution in [0.3, 0.4) is 0 Å². The largest absolute Gasteiger partial charge is 0.372 e. The third-order valence-electron chi connectivity index (χ3n) is 4.76. The van der Waals surface area contributed by atoms with E-state index in [0.29, 0.717) is 5.41 Å². The maximum absolute atomic E-state index is 8.58. The fourth-order valence-corrected chi connectivity index (χ4v) is 3.78. The molecule has 0 saturated heterocycles. The van der Waals surface area contributed by atoms with Gasteiger partial charge in [0.2, 0.25) is 6.41 Å². The number of hydrogen-bond acceptors (Lipinski definition) is 1. The first-order chi connectivity index (χ1) is 11.3. The first-order valence-corrected chi connectivity index (χ1v) is 8.51. The second-order valence-electron chi connectivity index (χ2n) is 6.52. The molecular formula is C21H27NO. The Morgan fingerprint density at radius 2 is 1.17 bits per heavy atom. The van der Waals surface area contributed by atoms with E-state index in [1.165, 1.54) is 56.1 Å². The van der Waals surface area contributed by atoms with Crippen molar-refractivity contribution in [2.75, 3.05) is 0 Å². The molecule has 1 saturated carbocycles. The number of carbonyl (C=O) groups excluding carboxylic acids is 1. The molecule has 1 aliphatic rings. The Bertz CT molecular complexity index is 515. The molecule has 2 aromatic carbocycles. The van der Waals surface area contributed by atoms with Crippen LogP contribution in [-0.4, -0.2) is 6.41 Å². The standard InChI is InChI=1S/C20H24.CH3NO/c1-4-10-18(11-5-1)16-20(14-8-3-9-15-20)17-19-12-6-2-7-13-19;2-1-3/h1-2,4-7,10-13H,3,8-9,14-17H2;1H,(H2,2,3). The van der Waals surface area contributed by atoms with Crippen LogP contribution in [0.25, 0.3) is 0 Å². The van der Waals surface area contributed by atoms with Gasteiger partial charge in [0.15, 0.2) is 0 Å². The molecular weight excluding hydrogens is 282 g/mol. The van der Waals surface area contributed by atoms with E-state index in [-0.39, 0.29) is 6.41 Å². The van der Waals surface area contributed by atoms with E-state index in [2.05, 4.69) is 66.4 Å². The maximum Gasteiger partial charge on any atom is 0.204 e. The minimum Gasteiger partial charge on any atom is -0.372 e. The quantitative estimate of drug-likeness (QED) is 0.829. The summed E-state index contributed by atoms with van der Waals surface area (Å²) in [6.45, 7) is 0. The third-order valence-corrected chi connectivity index (χ3v) is 4.76.